The highest BCUT2D eigenvalue weighted by Crippen LogP contribution is 2.37. The van der Waals surface area contributed by atoms with Crippen LogP contribution >= 0.6 is 15.9 Å². The minimum absolute atomic E-state index is 0.230. The molecule has 1 unspecified atom stereocenters. The maximum Gasteiger partial charge on any atom is 0.342 e. The predicted molar refractivity (Wildman–Crippen MR) is 102 cm³/mol. The Morgan fingerprint density at radius 2 is 1.54 bits per heavy atom. The van der Waals surface area contributed by atoms with Gasteiger partial charge in [-0.05, 0) is 36.4 Å². The Labute approximate surface area is 159 Å². The fourth-order valence-electron chi connectivity index (χ4n) is 2.98. The van der Waals surface area contributed by atoms with Crippen molar-refractivity contribution in [1.82, 2.24) is 0 Å². The quantitative estimate of drug-likeness (QED) is 0.563. The number of carbonyl (C=O) groups is 2. The summed E-state index contributed by atoms with van der Waals surface area (Å²) in [6, 6.07) is 23.4. The third kappa shape index (κ3) is 2.91. The standard InChI is InChI=1S/C21H14BrNO3/c22-16-12-10-14(11-13-16)19(24)23-18-9-5-4-8-17(18)21(25)26-20(23)15-6-2-1-3-7-15/h1-13,20H. The average molecular weight is 408 g/mol. The van der Waals surface area contributed by atoms with Gasteiger partial charge in [-0.25, -0.2) is 4.79 Å². The van der Waals surface area contributed by atoms with Crippen LogP contribution in [-0.2, 0) is 4.74 Å². The third-order valence-electron chi connectivity index (χ3n) is 4.23. The summed E-state index contributed by atoms with van der Waals surface area (Å²) in [6.07, 6.45) is -0.810. The Bertz CT molecular complexity index is 970. The van der Waals surface area contributed by atoms with E-state index in [1.165, 1.54) is 4.90 Å². The minimum atomic E-state index is -0.810. The van der Waals surface area contributed by atoms with Crippen molar-refractivity contribution in [2.45, 2.75) is 6.23 Å². The van der Waals surface area contributed by atoms with Crippen LogP contribution < -0.4 is 4.90 Å². The summed E-state index contributed by atoms with van der Waals surface area (Å²) in [5.41, 5.74) is 2.18. The molecule has 0 saturated heterocycles. The monoisotopic (exact) mass is 407 g/mol. The number of fused-ring (bicyclic) bond motifs is 1. The van der Waals surface area contributed by atoms with Gasteiger partial charge in [0.25, 0.3) is 5.91 Å². The van der Waals surface area contributed by atoms with E-state index in [1.807, 2.05) is 42.5 Å². The van der Waals surface area contributed by atoms with Crippen LogP contribution in [0, 0.1) is 0 Å². The molecular weight excluding hydrogens is 394 g/mol. The van der Waals surface area contributed by atoms with E-state index >= 15 is 0 Å². The molecule has 1 aliphatic heterocycles. The van der Waals surface area contributed by atoms with Crippen LogP contribution in [0.25, 0.3) is 0 Å². The number of nitrogens with zero attached hydrogens (tertiary/aromatic N) is 1. The van der Waals surface area contributed by atoms with Crippen LogP contribution in [0.2, 0.25) is 0 Å². The molecule has 128 valence electrons. The highest BCUT2D eigenvalue weighted by atomic mass is 79.9. The molecule has 0 radical (unpaired) electrons. The molecule has 0 N–H and O–H groups in total. The minimum Gasteiger partial charge on any atom is -0.433 e. The molecule has 1 atom stereocenters. The number of benzene rings is 3. The molecular formula is C21H14BrNO3. The smallest absolute Gasteiger partial charge is 0.342 e. The molecule has 4 rings (SSSR count). The molecule has 26 heavy (non-hydrogen) atoms. The van der Waals surface area contributed by atoms with Crippen molar-refractivity contribution in [3.05, 3.63) is 100 Å². The van der Waals surface area contributed by atoms with Gasteiger partial charge in [-0.1, -0.05) is 58.4 Å². The van der Waals surface area contributed by atoms with E-state index < -0.39 is 12.2 Å². The van der Waals surface area contributed by atoms with Gasteiger partial charge in [0.1, 0.15) is 0 Å². The van der Waals surface area contributed by atoms with Crippen molar-refractivity contribution in [1.29, 1.82) is 0 Å². The molecule has 0 aromatic heterocycles. The van der Waals surface area contributed by atoms with Crippen molar-refractivity contribution in [3.8, 4) is 0 Å². The maximum atomic E-state index is 13.3. The van der Waals surface area contributed by atoms with Crippen LogP contribution in [0.3, 0.4) is 0 Å². The summed E-state index contributed by atoms with van der Waals surface area (Å²) < 4.78 is 6.52. The lowest BCUT2D eigenvalue weighted by Gasteiger charge is -2.36. The van der Waals surface area contributed by atoms with E-state index in [4.69, 9.17) is 4.74 Å². The Morgan fingerprint density at radius 3 is 2.27 bits per heavy atom. The fourth-order valence-corrected chi connectivity index (χ4v) is 3.25. The Hall–Kier alpha value is -2.92. The molecule has 1 heterocycles. The van der Waals surface area contributed by atoms with Gasteiger partial charge in [0.05, 0.1) is 11.3 Å². The number of ether oxygens (including phenoxy) is 1. The number of hydrogen-bond donors (Lipinski definition) is 0. The van der Waals surface area contributed by atoms with Gasteiger partial charge in [0, 0.05) is 15.6 Å². The van der Waals surface area contributed by atoms with E-state index in [-0.39, 0.29) is 5.91 Å². The van der Waals surface area contributed by atoms with Crippen LogP contribution in [0.5, 0.6) is 0 Å². The summed E-state index contributed by atoms with van der Waals surface area (Å²) in [4.78, 5) is 27.3. The highest BCUT2D eigenvalue weighted by Gasteiger charge is 2.37. The first kappa shape index (κ1) is 16.5. The van der Waals surface area contributed by atoms with Crippen LogP contribution in [0.4, 0.5) is 5.69 Å². The van der Waals surface area contributed by atoms with Gasteiger partial charge in [-0.3, -0.25) is 9.69 Å². The van der Waals surface area contributed by atoms with Gasteiger partial charge in [-0.2, -0.15) is 0 Å². The number of carbonyl (C=O) groups excluding carboxylic acids is 2. The maximum absolute atomic E-state index is 13.3. The molecule has 0 fully saturated rings. The molecule has 0 bridgehead atoms. The van der Waals surface area contributed by atoms with E-state index in [9.17, 15) is 9.59 Å². The number of para-hydroxylation sites is 1. The predicted octanol–water partition coefficient (Wildman–Crippen LogP) is 4.97. The van der Waals surface area contributed by atoms with Gasteiger partial charge in [-0.15, -0.1) is 0 Å². The first-order valence-corrected chi connectivity index (χ1v) is 8.88. The Kier molecular flexibility index (Phi) is 4.31. The summed E-state index contributed by atoms with van der Waals surface area (Å²) in [5.74, 6) is -0.666. The summed E-state index contributed by atoms with van der Waals surface area (Å²) in [5, 5.41) is 0. The average Bonchev–Trinajstić information content (AvgIpc) is 2.69. The first-order chi connectivity index (χ1) is 12.6. The zero-order valence-electron chi connectivity index (χ0n) is 13.6. The topological polar surface area (TPSA) is 46.6 Å². The van der Waals surface area contributed by atoms with Crippen molar-refractivity contribution in [2.75, 3.05) is 4.90 Å². The second kappa shape index (κ2) is 6.77. The number of halogens is 1. The lowest BCUT2D eigenvalue weighted by Crippen LogP contribution is -2.41. The van der Waals surface area contributed by atoms with Gasteiger partial charge < -0.3 is 4.74 Å². The number of anilines is 1. The lowest BCUT2D eigenvalue weighted by atomic mass is 10.0. The summed E-state index contributed by atoms with van der Waals surface area (Å²) in [7, 11) is 0. The van der Waals surface area contributed by atoms with Crippen molar-refractivity contribution < 1.29 is 14.3 Å². The van der Waals surface area contributed by atoms with Crippen LogP contribution in [-0.4, -0.2) is 11.9 Å². The van der Waals surface area contributed by atoms with Crippen molar-refractivity contribution >= 4 is 33.5 Å². The highest BCUT2D eigenvalue weighted by molar-refractivity contribution is 9.10. The van der Waals surface area contributed by atoms with E-state index in [0.29, 0.717) is 16.8 Å². The molecule has 0 spiro atoms. The Morgan fingerprint density at radius 1 is 0.885 bits per heavy atom. The normalized spacial score (nSPS) is 16.0. The SMILES string of the molecule is O=C1OC(c2ccccc2)N(C(=O)c2ccc(Br)cc2)c2ccccc21. The van der Waals surface area contributed by atoms with Crippen LogP contribution in [0.15, 0.2) is 83.3 Å². The number of rotatable bonds is 2. The number of cyclic esters (lactones) is 1. The molecule has 1 amide bonds. The second-order valence-electron chi connectivity index (χ2n) is 5.87. The second-order valence-corrected chi connectivity index (χ2v) is 6.78. The largest absolute Gasteiger partial charge is 0.433 e. The van der Waals surface area contributed by atoms with E-state index in [1.54, 1.807) is 36.4 Å². The fraction of sp³-hybridized carbons (Fsp3) is 0.0476. The molecule has 5 heteroatoms. The third-order valence-corrected chi connectivity index (χ3v) is 4.76. The zero-order valence-corrected chi connectivity index (χ0v) is 15.2. The van der Waals surface area contributed by atoms with Crippen LogP contribution in [0.1, 0.15) is 32.5 Å². The molecule has 0 aliphatic carbocycles. The van der Waals surface area contributed by atoms with Crippen molar-refractivity contribution in [3.63, 3.8) is 0 Å². The van der Waals surface area contributed by atoms with E-state index in [2.05, 4.69) is 15.9 Å². The van der Waals surface area contributed by atoms with Gasteiger partial charge in [0.15, 0.2) is 0 Å². The molecule has 1 aliphatic rings. The molecule has 4 nitrogen and oxygen atoms in total. The molecule has 3 aromatic rings. The van der Waals surface area contributed by atoms with Crippen molar-refractivity contribution in [2.24, 2.45) is 0 Å². The molecule has 0 saturated carbocycles. The lowest BCUT2D eigenvalue weighted by molar-refractivity contribution is 0.0249. The number of amides is 1. The van der Waals surface area contributed by atoms with E-state index in [0.717, 1.165) is 10.0 Å². The number of esters is 1. The first-order valence-electron chi connectivity index (χ1n) is 8.09. The summed E-state index contributed by atoms with van der Waals surface area (Å²) >= 11 is 3.38. The Balaban J connectivity index is 1.85. The van der Waals surface area contributed by atoms with Gasteiger partial charge >= 0.3 is 5.97 Å². The summed E-state index contributed by atoms with van der Waals surface area (Å²) in [6.45, 7) is 0. The number of hydrogen-bond acceptors (Lipinski definition) is 3. The zero-order chi connectivity index (χ0) is 18.1. The van der Waals surface area contributed by atoms with Gasteiger partial charge in [0.2, 0.25) is 6.23 Å². The molecule has 3 aromatic carbocycles.